The average molecular weight is 430 g/mol. The first-order valence-corrected chi connectivity index (χ1v) is 9.16. The lowest BCUT2D eigenvalue weighted by Gasteiger charge is -2.08. The van der Waals surface area contributed by atoms with Gasteiger partial charge in [-0.2, -0.15) is 0 Å². The van der Waals surface area contributed by atoms with Crippen molar-refractivity contribution < 1.29 is 14.4 Å². The molecule has 0 atom stereocenters. The molecular formula is C20H20BrN3O3. The highest BCUT2D eigenvalue weighted by Crippen LogP contribution is 2.20. The summed E-state index contributed by atoms with van der Waals surface area (Å²) >= 11 is 3.33. The lowest BCUT2D eigenvalue weighted by Crippen LogP contribution is -2.35. The van der Waals surface area contributed by atoms with E-state index in [1.807, 2.05) is 42.5 Å². The zero-order chi connectivity index (χ0) is 19.5. The van der Waals surface area contributed by atoms with Gasteiger partial charge in [-0.05, 0) is 39.7 Å². The van der Waals surface area contributed by atoms with Gasteiger partial charge in [-0.15, -0.1) is 0 Å². The first-order chi connectivity index (χ1) is 13.0. The maximum Gasteiger partial charge on any atom is 0.244 e. The van der Waals surface area contributed by atoms with Gasteiger partial charge in [0.05, 0.1) is 12.2 Å². The van der Waals surface area contributed by atoms with Gasteiger partial charge >= 0.3 is 0 Å². The minimum Gasteiger partial charge on any atom is -0.352 e. The van der Waals surface area contributed by atoms with Gasteiger partial charge in [0.25, 0.3) is 0 Å². The molecular weight excluding hydrogens is 410 g/mol. The van der Waals surface area contributed by atoms with Crippen LogP contribution in [0.5, 0.6) is 0 Å². The summed E-state index contributed by atoms with van der Waals surface area (Å²) in [6, 6.07) is 16.6. The van der Waals surface area contributed by atoms with Crippen LogP contribution >= 0.6 is 15.9 Å². The summed E-state index contributed by atoms with van der Waals surface area (Å²) in [5.74, 6) is -0.923. The summed E-state index contributed by atoms with van der Waals surface area (Å²) in [6.45, 7) is 0.0532. The van der Waals surface area contributed by atoms with E-state index >= 15 is 0 Å². The van der Waals surface area contributed by atoms with Crippen LogP contribution in [0.25, 0.3) is 6.08 Å². The summed E-state index contributed by atoms with van der Waals surface area (Å²) in [4.78, 5) is 35.3. The molecule has 7 heteroatoms. The van der Waals surface area contributed by atoms with Crippen molar-refractivity contribution in [3.63, 3.8) is 0 Å². The molecule has 2 aromatic carbocycles. The fraction of sp³-hybridized carbons (Fsp3) is 0.150. The Balaban J connectivity index is 1.63. The first-order valence-electron chi connectivity index (χ1n) is 8.36. The van der Waals surface area contributed by atoms with Crippen molar-refractivity contribution in [2.45, 2.75) is 6.42 Å². The number of halogens is 1. The summed E-state index contributed by atoms with van der Waals surface area (Å²) in [5, 5.41) is 7.84. The fourth-order valence-electron chi connectivity index (χ4n) is 2.12. The Bertz CT molecular complexity index is 822. The molecule has 27 heavy (non-hydrogen) atoms. The zero-order valence-electron chi connectivity index (χ0n) is 14.6. The van der Waals surface area contributed by atoms with Gasteiger partial charge in [0.1, 0.15) is 0 Å². The Morgan fingerprint density at radius 3 is 2.33 bits per heavy atom. The summed E-state index contributed by atoms with van der Waals surface area (Å²) < 4.78 is 0.760. The lowest BCUT2D eigenvalue weighted by atomic mass is 10.2. The number of carbonyl (C=O) groups is 3. The number of hydrogen-bond acceptors (Lipinski definition) is 3. The third-order valence-electron chi connectivity index (χ3n) is 3.47. The van der Waals surface area contributed by atoms with Gasteiger partial charge in [-0.1, -0.05) is 42.5 Å². The summed E-state index contributed by atoms with van der Waals surface area (Å²) in [6.07, 6.45) is 3.20. The summed E-state index contributed by atoms with van der Waals surface area (Å²) in [7, 11) is 0. The maximum absolute atomic E-state index is 11.8. The van der Waals surface area contributed by atoms with Gasteiger partial charge in [-0.3, -0.25) is 14.4 Å². The molecule has 0 heterocycles. The Morgan fingerprint density at radius 1 is 0.889 bits per heavy atom. The van der Waals surface area contributed by atoms with E-state index in [2.05, 4.69) is 31.9 Å². The number of nitrogens with one attached hydrogen (secondary N) is 3. The standard InChI is InChI=1S/C20H20BrN3O3/c21-16-8-4-5-9-17(16)24-20(27)14-23-19(26)12-13-22-18(25)11-10-15-6-2-1-3-7-15/h1-11H,12-14H2,(H,22,25)(H,23,26)(H,24,27). The van der Waals surface area contributed by atoms with E-state index < -0.39 is 0 Å². The number of para-hydroxylation sites is 1. The van der Waals surface area contributed by atoms with E-state index in [4.69, 9.17) is 0 Å². The normalized spacial score (nSPS) is 10.4. The second-order valence-electron chi connectivity index (χ2n) is 5.59. The monoisotopic (exact) mass is 429 g/mol. The molecule has 0 bridgehead atoms. The number of hydrogen-bond donors (Lipinski definition) is 3. The number of benzene rings is 2. The third kappa shape index (κ3) is 7.87. The quantitative estimate of drug-likeness (QED) is 0.563. The molecule has 6 nitrogen and oxygen atoms in total. The number of anilines is 1. The molecule has 0 aliphatic heterocycles. The molecule has 0 aliphatic rings. The van der Waals surface area contributed by atoms with Crippen molar-refractivity contribution in [2.24, 2.45) is 0 Å². The SMILES string of the molecule is O=C(C=Cc1ccccc1)NCCC(=O)NCC(=O)Nc1ccccc1Br. The van der Waals surface area contributed by atoms with E-state index in [1.165, 1.54) is 6.08 Å². The van der Waals surface area contributed by atoms with Gasteiger partial charge in [0.15, 0.2) is 0 Å². The lowest BCUT2D eigenvalue weighted by molar-refractivity contribution is -0.124. The molecule has 140 valence electrons. The fourth-order valence-corrected chi connectivity index (χ4v) is 2.50. The van der Waals surface area contributed by atoms with Gasteiger partial charge in [0, 0.05) is 23.5 Å². The molecule has 3 N–H and O–H groups in total. The van der Waals surface area contributed by atoms with Crippen molar-refractivity contribution in [2.75, 3.05) is 18.4 Å². The molecule has 0 spiro atoms. The summed E-state index contributed by atoms with van der Waals surface area (Å²) in [5.41, 5.74) is 1.55. The second-order valence-corrected chi connectivity index (χ2v) is 6.44. The van der Waals surface area contributed by atoms with Crippen LogP contribution in [-0.4, -0.2) is 30.8 Å². The molecule has 0 saturated heterocycles. The number of amides is 3. The molecule has 0 aliphatic carbocycles. The van der Waals surface area contributed by atoms with Crippen LogP contribution in [0.15, 0.2) is 65.1 Å². The second kappa shape index (κ2) is 10.9. The highest BCUT2D eigenvalue weighted by Gasteiger charge is 2.07. The van der Waals surface area contributed by atoms with Crippen molar-refractivity contribution >= 4 is 45.4 Å². The van der Waals surface area contributed by atoms with Crippen molar-refractivity contribution in [1.82, 2.24) is 10.6 Å². The predicted octanol–water partition coefficient (Wildman–Crippen LogP) is 2.72. The Hall–Kier alpha value is -2.93. The molecule has 0 fully saturated rings. The smallest absolute Gasteiger partial charge is 0.244 e. The Morgan fingerprint density at radius 2 is 1.59 bits per heavy atom. The molecule has 0 aromatic heterocycles. The zero-order valence-corrected chi connectivity index (χ0v) is 16.2. The molecule has 0 unspecified atom stereocenters. The van der Waals surface area contributed by atoms with Crippen LogP contribution < -0.4 is 16.0 Å². The van der Waals surface area contributed by atoms with Crippen LogP contribution in [-0.2, 0) is 14.4 Å². The maximum atomic E-state index is 11.8. The highest BCUT2D eigenvalue weighted by atomic mass is 79.9. The van der Waals surface area contributed by atoms with Crippen molar-refractivity contribution in [3.8, 4) is 0 Å². The largest absolute Gasteiger partial charge is 0.352 e. The topological polar surface area (TPSA) is 87.3 Å². The van der Waals surface area contributed by atoms with Crippen LogP contribution in [0.1, 0.15) is 12.0 Å². The van der Waals surface area contributed by atoms with Crippen LogP contribution in [0, 0.1) is 0 Å². The van der Waals surface area contributed by atoms with Gasteiger partial charge in [-0.25, -0.2) is 0 Å². The van der Waals surface area contributed by atoms with E-state index in [1.54, 1.807) is 18.2 Å². The Labute approximate surface area is 166 Å². The van der Waals surface area contributed by atoms with E-state index in [0.717, 1.165) is 10.0 Å². The van der Waals surface area contributed by atoms with Gasteiger partial charge < -0.3 is 16.0 Å². The molecule has 0 radical (unpaired) electrons. The van der Waals surface area contributed by atoms with E-state index in [0.29, 0.717) is 5.69 Å². The van der Waals surface area contributed by atoms with Crippen molar-refractivity contribution in [3.05, 3.63) is 70.7 Å². The highest BCUT2D eigenvalue weighted by molar-refractivity contribution is 9.10. The van der Waals surface area contributed by atoms with E-state index in [9.17, 15) is 14.4 Å². The minimum absolute atomic E-state index is 0.0905. The minimum atomic E-state index is -0.329. The molecule has 3 amide bonds. The third-order valence-corrected chi connectivity index (χ3v) is 4.16. The first kappa shape index (κ1) is 20.4. The van der Waals surface area contributed by atoms with Crippen LogP contribution in [0.2, 0.25) is 0 Å². The molecule has 2 aromatic rings. The average Bonchev–Trinajstić information content (AvgIpc) is 2.67. The van der Waals surface area contributed by atoms with E-state index in [-0.39, 0.29) is 37.2 Å². The number of carbonyl (C=O) groups excluding carboxylic acids is 3. The van der Waals surface area contributed by atoms with Crippen molar-refractivity contribution in [1.29, 1.82) is 0 Å². The molecule has 0 saturated carbocycles. The molecule has 2 rings (SSSR count). The number of rotatable bonds is 8. The van der Waals surface area contributed by atoms with Gasteiger partial charge in [0.2, 0.25) is 17.7 Å². The Kier molecular flexibility index (Phi) is 8.25. The predicted molar refractivity (Wildman–Crippen MR) is 109 cm³/mol. The van der Waals surface area contributed by atoms with Crippen LogP contribution in [0.3, 0.4) is 0 Å². The van der Waals surface area contributed by atoms with Crippen LogP contribution in [0.4, 0.5) is 5.69 Å².